The molecule has 1 fully saturated rings. The van der Waals surface area contributed by atoms with E-state index in [1.165, 1.54) is 29.9 Å². The fourth-order valence-electron chi connectivity index (χ4n) is 4.56. The molecule has 4 rings (SSSR count). The highest BCUT2D eigenvalue weighted by atomic mass is 32.1. The molecule has 2 amide bonds. The zero-order valence-corrected chi connectivity index (χ0v) is 20.7. The fraction of sp³-hybridized carbons (Fsp3) is 0.357. The maximum absolute atomic E-state index is 13.8. The van der Waals surface area contributed by atoms with E-state index >= 15 is 0 Å². The van der Waals surface area contributed by atoms with Crippen LogP contribution >= 0.6 is 11.3 Å². The number of amides is 2. The highest BCUT2D eigenvalue weighted by molar-refractivity contribution is 7.10. The molecule has 1 N–H and O–H groups in total. The zero-order valence-electron chi connectivity index (χ0n) is 19.9. The van der Waals surface area contributed by atoms with Crippen LogP contribution in [-0.2, 0) is 22.6 Å². The van der Waals surface area contributed by atoms with Gasteiger partial charge in [-0.15, -0.1) is 11.3 Å². The highest BCUT2D eigenvalue weighted by Gasteiger charge is 2.33. The SMILES string of the molecule is COc1ccc(CN(C(=O)Cc2cccs2)C(C(=O)NC2CCCCC2)c2ccc(F)cc2)cc1. The second-order valence-electron chi connectivity index (χ2n) is 8.92. The minimum atomic E-state index is -0.868. The lowest BCUT2D eigenvalue weighted by molar-refractivity contribution is -0.141. The lowest BCUT2D eigenvalue weighted by atomic mass is 9.94. The number of hydrogen-bond acceptors (Lipinski definition) is 4. The van der Waals surface area contributed by atoms with Gasteiger partial charge in [0.1, 0.15) is 17.6 Å². The van der Waals surface area contributed by atoms with Crippen molar-refractivity contribution in [2.24, 2.45) is 0 Å². The maximum atomic E-state index is 13.8. The minimum absolute atomic E-state index is 0.0921. The lowest BCUT2D eigenvalue weighted by Crippen LogP contribution is -2.47. The molecule has 0 radical (unpaired) electrons. The summed E-state index contributed by atoms with van der Waals surface area (Å²) in [5, 5.41) is 5.12. The molecule has 1 aliphatic rings. The Morgan fingerprint density at radius 1 is 1.06 bits per heavy atom. The quantitative estimate of drug-likeness (QED) is 0.418. The van der Waals surface area contributed by atoms with Crippen LogP contribution in [0.15, 0.2) is 66.0 Å². The van der Waals surface area contributed by atoms with E-state index in [0.717, 1.165) is 41.9 Å². The molecule has 7 heteroatoms. The summed E-state index contributed by atoms with van der Waals surface area (Å²) in [4.78, 5) is 29.9. The van der Waals surface area contributed by atoms with Crippen molar-refractivity contribution in [3.8, 4) is 5.75 Å². The van der Waals surface area contributed by atoms with E-state index in [0.29, 0.717) is 5.56 Å². The number of halogens is 1. The molecule has 1 heterocycles. The molecule has 0 saturated heterocycles. The zero-order chi connectivity index (χ0) is 24.6. The first-order valence-electron chi connectivity index (χ1n) is 12.0. The lowest BCUT2D eigenvalue weighted by Gasteiger charge is -2.33. The first kappa shape index (κ1) is 24.9. The van der Waals surface area contributed by atoms with Crippen molar-refractivity contribution >= 4 is 23.2 Å². The van der Waals surface area contributed by atoms with Gasteiger partial charge in [0, 0.05) is 17.5 Å². The van der Waals surface area contributed by atoms with Crippen molar-refractivity contribution in [3.05, 3.63) is 87.9 Å². The second-order valence-corrected chi connectivity index (χ2v) is 9.96. The van der Waals surface area contributed by atoms with E-state index in [1.54, 1.807) is 24.1 Å². The Balaban J connectivity index is 1.68. The Morgan fingerprint density at radius 3 is 2.40 bits per heavy atom. The number of nitrogens with one attached hydrogen (secondary N) is 1. The van der Waals surface area contributed by atoms with Crippen LogP contribution in [0.4, 0.5) is 4.39 Å². The van der Waals surface area contributed by atoms with Gasteiger partial charge in [0.25, 0.3) is 0 Å². The van der Waals surface area contributed by atoms with Crippen molar-refractivity contribution in [1.29, 1.82) is 0 Å². The van der Waals surface area contributed by atoms with Gasteiger partial charge in [-0.1, -0.05) is 49.6 Å². The van der Waals surface area contributed by atoms with Crippen LogP contribution in [0.2, 0.25) is 0 Å². The minimum Gasteiger partial charge on any atom is -0.497 e. The summed E-state index contributed by atoms with van der Waals surface area (Å²) >= 11 is 1.51. The van der Waals surface area contributed by atoms with Crippen LogP contribution in [0.5, 0.6) is 5.75 Å². The largest absolute Gasteiger partial charge is 0.497 e. The van der Waals surface area contributed by atoms with Gasteiger partial charge >= 0.3 is 0 Å². The molecule has 0 spiro atoms. The molecule has 1 aliphatic carbocycles. The highest BCUT2D eigenvalue weighted by Crippen LogP contribution is 2.28. The third-order valence-electron chi connectivity index (χ3n) is 6.44. The third-order valence-corrected chi connectivity index (χ3v) is 7.31. The number of methoxy groups -OCH3 is 1. The molecule has 1 saturated carbocycles. The smallest absolute Gasteiger partial charge is 0.247 e. The third kappa shape index (κ3) is 6.69. The van der Waals surface area contributed by atoms with Gasteiger partial charge in [-0.25, -0.2) is 4.39 Å². The van der Waals surface area contributed by atoms with Gasteiger partial charge in [-0.05, 0) is 59.7 Å². The second kappa shape index (κ2) is 12.0. The normalized spacial score (nSPS) is 14.8. The average Bonchev–Trinajstić information content (AvgIpc) is 3.39. The average molecular weight is 495 g/mol. The molecule has 3 aromatic rings. The molecule has 2 aromatic carbocycles. The molecular weight excluding hydrogens is 463 g/mol. The Labute approximate surface area is 209 Å². The van der Waals surface area contributed by atoms with Crippen LogP contribution < -0.4 is 10.1 Å². The van der Waals surface area contributed by atoms with E-state index in [2.05, 4.69) is 5.32 Å². The summed E-state index contributed by atoms with van der Waals surface area (Å²) in [5.74, 6) is -0.0462. The summed E-state index contributed by atoms with van der Waals surface area (Å²) < 4.78 is 19.0. The number of ether oxygens (including phenoxy) is 1. The first-order chi connectivity index (χ1) is 17.0. The van der Waals surface area contributed by atoms with Gasteiger partial charge in [0.15, 0.2) is 0 Å². The molecule has 5 nitrogen and oxygen atoms in total. The van der Waals surface area contributed by atoms with Crippen LogP contribution in [0.1, 0.15) is 54.1 Å². The van der Waals surface area contributed by atoms with E-state index in [-0.39, 0.29) is 36.6 Å². The first-order valence-corrected chi connectivity index (χ1v) is 12.9. The van der Waals surface area contributed by atoms with Crippen LogP contribution in [0.3, 0.4) is 0 Å². The molecule has 1 aromatic heterocycles. The molecule has 184 valence electrons. The van der Waals surface area contributed by atoms with Crippen LogP contribution in [-0.4, -0.2) is 29.9 Å². The summed E-state index contributed by atoms with van der Waals surface area (Å²) in [6.07, 6.45) is 5.41. The monoisotopic (exact) mass is 494 g/mol. The van der Waals surface area contributed by atoms with Crippen LogP contribution in [0, 0.1) is 5.82 Å². The van der Waals surface area contributed by atoms with Gasteiger partial charge in [0.05, 0.1) is 13.5 Å². The van der Waals surface area contributed by atoms with E-state index in [9.17, 15) is 14.0 Å². The molecular formula is C28H31FN2O3S. The molecule has 1 unspecified atom stereocenters. The van der Waals surface area contributed by atoms with Crippen LogP contribution in [0.25, 0.3) is 0 Å². The van der Waals surface area contributed by atoms with Gasteiger partial charge in [-0.3, -0.25) is 9.59 Å². The number of carbonyl (C=O) groups is 2. The number of rotatable bonds is 9. The van der Waals surface area contributed by atoms with Gasteiger partial charge in [-0.2, -0.15) is 0 Å². The number of thiophene rings is 1. The summed E-state index contributed by atoms with van der Waals surface area (Å²) in [7, 11) is 1.60. The Hall–Kier alpha value is -3.19. The Bertz CT molecular complexity index is 1090. The number of carbonyl (C=O) groups excluding carboxylic acids is 2. The molecule has 35 heavy (non-hydrogen) atoms. The standard InChI is InChI=1S/C28H31FN2O3S/c1-34-24-15-9-20(10-16-24)19-31(26(32)18-25-8-5-17-35-25)27(21-11-13-22(29)14-12-21)28(33)30-23-6-3-2-4-7-23/h5,8-17,23,27H,2-4,6-7,18-19H2,1H3,(H,30,33). The Morgan fingerprint density at radius 2 is 1.77 bits per heavy atom. The predicted molar refractivity (Wildman–Crippen MR) is 136 cm³/mol. The van der Waals surface area contributed by atoms with Crippen molar-refractivity contribution in [3.63, 3.8) is 0 Å². The van der Waals surface area contributed by atoms with Crippen molar-refractivity contribution in [2.45, 2.75) is 57.2 Å². The topological polar surface area (TPSA) is 58.6 Å². The van der Waals surface area contributed by atoms with Gasteiger partial charge in [0.2, 0.25) is 11.8 Å². The molecule has 1 atom stereocenters. The molecule has 0 bridgehead atoms. The number of hydrogen-bond donors (Lipinski definition) is 1. The number of benzene rings is 2. The van der Waals surface area contributed by atoms with Crippen molar-refractivity contribution in [2.75, 3.05) is 7.11 Å². The summed E-state index contributed by atoms with van der Waals surface area (Å²) in [6.45, 7) is 0.244. The fourth-order valence-corrected chi connectivity index (χ4v) is 5.26. The van der Waals surface area contributed by atoms with E-state index in [4.69, 9.17) is 4.74 Å². The van der Waals surface area contributed by atoms with Gasteiger partial charge < -0.3 is 15.0 Å². The predicted octanol–water partition coefficient (Wildman–Crippen LogP) is 5.66. The number of nitrogens with zero attached hydrogens (tertiary/aromatic N) is 1. The van der Waals surface area contributed by atoms with Crippen molar-refractivity contribution in [1.82, 2.24) is 10.2 Å². The summed E-state index contributed by atoms with van der Waals surface area (Å²) in [6, 6.07) is 16.4. The maximum Gasteiger partial charge on any atom is 0.247 e. The summed E-state index contributed by atoms with van der Waals surface area (Å²) in [5.41, 5.74) is 1.47. The Kier molecular flexibility index (Phi) is 8.53. The van der Waals surface area contributed by atoms with E-state index in [1.807, 2.05) is 41.8 Å². The van der Waals surface area contributed by atoms with Crippen molar-refractivity contribution < 1.29 is 18.7 Å². The molecule has 0 aliphatic heterocycles. The van der Waals surface area contributed by atoms with E-state index < -0.39 is 6.04 Å².